The average molecular weight is 721 g/mol. The highest BCUT2D eigenvalue weighted by Gasteiger charge is 2.41. The number of carbonyl (C=O) groups excluding carboxylic acids is 4. The van der Waals surface area contributed by atoms with Gasteiger partial charge in [0.25, 0.3) is 0 Å². The number of carboxylic acids is 1. The van der Waals surface area contributed by atoms with Gasteiger partial charge in [0, 0.05) is 16.3 Å². The van der Waals surface area contributed by atoms with Crippen molar-refractivity contribution >= 4 is 41.2 Å². The quantitative estimate of drug-likeness (QED) is 0.164. The Morgan fingerprint density at radius 2 is 1.58 bits per heavy atom. The molecule has 1 unspecified atom stereocenters. The van der Waals surface area contributed by atoms with Gasteiger partial charge in [-0.3, -0.25) is 14.5 Å². The number of ether oxygens (including phenoxy) is 1. The number of nitrogens with one attached hydrogen (secondary N) is 1. The summed E-state index contributed by atoms with van der Waals surface area (Å²) in [6, 6.07) is 18.8. The van der Waals surface area contributed by atoms with Crippen molar-refractivity contribution in [2.45, 2.75) is 57.9 Å². The molecule has 1 heterocycles. The van der Waals surface area contributed by atoms with Crippen molar-refractivity contribution < 1.29 is 51.8 Å². The zero-order valence-electron chi connectivity index (χ0n) is 27.8. The number of alkyl halides is 3. The highest BCUT2D eigenvalue weighted by atomic mass is 35.5. The number of hydrogen-bond donors (Lipinski definition) is 3. The summed E-state index contributed by atoms with van der Waals surface area (Å²) >= 11 is 6.09. The molecule has 3 amide bonds. The molecule has 0 spiro atoms. The fraction of sp³-hybridized carbons (Fsp3) is 0.371. The van der Waals surface area contributed by atoms with Crippen LogP contribution in [-0.2, 0) is 27.3 Å². The van der Waals surface area contributed by atoms with Gasteiger partial charge in [0.1, 0.15) is 30.6 Å². The van der Waals surface area contributed by atoms with E-state index < -0.39 is 30.1 Å². The molecule has 270 valence electrons. The second-order valence-electron chi connectivity index (χ2n) is 12.6. The first-order chi connectivity index (χ1) is 23.4. The number of imide groups is 1. The molecular weight excluding hydrogens is 681 g/mol. The highest BCUT2D eigenvalue weighted by molar-refractivity contribution is 6.30. The fourth-order valence-electron chi connectivity index (χ4n) is 5.41. The van der Waals surface area contributed by atoms with Gasteiger partial charge in [-0.15, -0.1) is 0 Å². The molecule has 4 N–H and O–H groups in total. The van der Waals surface area contributed by atoms with Gasteiger partial charge in [-0.2, -0.15) is 13.2 Å². The Morgan fingerprint density at radius 1 is 1.02 bits per heavy atom. The van der Waals surface area contributed by atoms with Gasteiger partial charge in [-0.05, 0) is 73.4 Å². The summed E-state index contributed by atoms with van der Waals surface area (Å²) in [6.45, 7) is 5.70. The highest BCUT2D eigenvalue weighted by Crippen LogP contribution is 2.27. The van der Waals surface area contributed by atoms with Crippen LogP contribution in [0.1, 0.15) is 37.8 Å². The zero-order valence-corrected chi connectivity index (χ0v) is 28.5. The van der Waals surface area contributed by atoms with Gasteiger partial charge < -0.3 is 35.3 Å². The first kappa shape index (κ1) is 39.8. The number of esters is 1. The lowest BCUT2D eigenvalue weighted by molar-refractivity contribution is -0.928. The molecule has 0 bridgehead atoms. The Balaban J connectivity index is 0.000000872. The van der Waals surface area contributed by atoms with E-state index in [2.05, 4.69) is 12.4 Å². The molecule has 11 nitrogen and oxygen atoms in total. The molecule has 3 atom stereocenters. The summed E-state index contributed by atoms with van der Waals surface area (Å²) in [7, 11) is 2.13. The van der Waals surface area contributed by atoms with Crippen LogP contribution in [0.25, 0.3) is 0 Å². The van der Waals surface area contributed by atoms with Crippen LogP contribution in [0.2, 0.25) is 5.02 Å². The van der Waals surface area contributed by atoms with Gasteiger partial charge in [-0.1, -0.05) is 49.7 Å². The lowest BCUT2D eigenvalue weighted by Crippen LogP contribution is -2.62. The van der Waals surface area contributed by atoms with E-state index in [-0.39, 0.29) is 30.1 Å². The molecule has 3 aromatic rings. The number of amides is 3. The van der Waals surface area contributed by atoms with E-state index in [1.54, 1.807) is 62.4 Å². The number of likely N-dealkylation sites (N-methyl/N-ethyl adjacent to an activating group) is 1. The van der Waals surface area contributed by atoms with Crippen LogP contribution in [0.3, 0.4) is 0 Å². The summed E-state index contributed by atoms with van der Waals surface area (Å²) in [6.07, 6.45) is -3.50. The Hall–Kier alpha value is -4.66. The number of hydrogen-bond acceptors (Lipinski definition) is 8. The first-order valence-electron chi connectivity index (χ1n) is 15.7. The first-order valence-corrected chi connectivity index (χ1v) is 16.1. The monoisotopic (exact) mass is 720 g/mol. The van der Waals surface area contributed by atoms with Gasteiger partial charge >= 0.3 is 18.2 Å². The van der Waals surface area contributed by atoms with Crippen molar-refractivity contribution in [2.75, 3.05) is 25.5 Å². The van der Waals surface area contributed by atoms with Crippen LogP contribution in [0, 0.1) is 5.92 Å². The number of phenolic OH excluding ortho intramolecular Hbond substituents is 1. The molecule has 1 fully saturated rings. The Morgan fingerprint density at radius 3 is 2.12 bits per heavy atom. The number of urea groups is 1. The smallest absolute Gasteiger partial charge is 0.430 e. The minimum atomic E-state index is -5.19. The van der Waals surface area contributed by atoms with Crippen molar-refractivity contribution in [3.05, 3.63) is 88.9 Å². The number of carboxylic acid groups (broad SMARTS) is 1. The number of likely N-dealkylation sites (tertiary alicyclic amines) is 1. The van der Waals surface area contributed by atoms with E-state index >= 15 is 0 Å². The summed E-state index contributed by atoms with van der Waals surface area (Å²) in [5, 5.41) is 21.9. The van der Waals surface area contributed by atoms with Crippen molar-refractivity contribution in [3.8, 4) is 11.5 Å². The van der Waals surface area contributed by atoms with E-state index in [4.69, 9.17) is 32.0 Å². The minimum Gasteiger partial charge on any atom is -0.542 e. The number of quaternary nitrogens is 1. The van der Waals surface area contributed by atoms with E-state index in [0.29, 0.717) is 33.9 Å². The number of aromatic hydroxyl groups is 1. The molecule has 3 aromatic carbocycles. The van der Waals surface area contributed by atoms with Crippen LogP contribution >= 0.6 is 11.6 Å². The SMILES string of the molecule is CC(C)C(=O)Oc1ccc(NC(=O)N(C(=O)[C@@H](N)Cc2ccc(O)cc2)[C@H]2CCC[N+](C)(Cc3ccc(Cl)cc3)C2)cc1.O=C([O-])C(F)(F)F. The van der Waals surface area contributed by atoms with Gasteiger partial charge in [0.15, 0.2) is 0 Å². The molecular formula is C35H40ClF3N4O7. The Kier molecular flexibility index (Phi) is 13.8. The number of nitrogens with zero attached hydrogens (tertiary/aromatic N) is 2. The van der Waals surface area contributed by atoms with Gasteiger partial charge in [-0.25, -0.2) is 4.79 Å². The molecule has 0 saturated carbocycles. The van der Waals surface area contributed by atoms with E-state index in [9.17, 15) is 32.7 Å². The lowest BCUT2D eigenvalue weighted by atomic mass is 9.98. The lowest BCUT2D eigenvalue weighted by Gasteiger charge is -2.44. The topological polar surface area (TPSA) is 162 Å². The predicted molar refractivity (Wildman–Crippen MR) is 178 cm³/mol. The third-order valence-electron chi connectivity index (χ3n) is 7.92. The summed E-state index contributed by atoms with van der Waals surface area (Å²) in [4.78, 5) is 49.7. The van der Waals surface area contributed by atoms with Gasteiger partial charge in [0.2, 0.25) is 5.91 Å². The van der Waals surface area contributed by atoms with Crippen LogP contribution in [0.4, 0.5) is 23.7 Å². The third-order valence-corrected chi connectivity index (χ3v) is 8.17. The number of phenols is 1. The average Bonchev–Trinajstić information content (AvgIpc) is 3.04. The van der Waals surface area contributed by atoms with E-state index in [1.165, 1.54) is 4.90 Å². The largest absolute Gasteiger partial charge is 0.542 e. The predicted octanol–water partition coefficient (Wildman–Crippen LogP) is 4.65. The standard InChI is InChI=1S/C33H39ClN4O5.C2HF3O2/c1-22(2)32(41)43-29-16-12-26(13-17-29)36-33(42)37(31(40)30(35)19-23-8-14-28(39)15-9-23)27-5-4-18-38(3,21-27)20-24-6-10-25(34)11-7-24;3-2(4,5)1(6)7/h6-17,22,27,30H,4-5,18-21,35H2,1-3H3,(H-,36,39,42);(H,6,7)/t27-,30-,38?;/m0./s1. The molecule has 1 aliphatic rings. The molecule has 0 aliphatic carbocycles. The van der Waals surface area contributed by atoms with Crippen LogP contribution in [-0.4, -0.2) is 76.8 Å². The number of benzene rings is 3. The normalized spacial score (nSPS) is 17.9. The maximum Gasteiger partial charge on any atom is 0.430 e. The summed E-state index contributed by atoms with van der Waals surface area (Å²) in [5.41, 5.74) is 8.77. The number of carbonyl (C=O) groups is 4. The van der Waals surface area contributed by atoms with Crippen LogP contribution < -0.4 is 20.9 Å². The Bertz CT molecular complexity index is 1620. The number of rotatable bonds is 9. The number of nitrogens with two attached hydrogens (primary N) is 1. The van der Waals surface area contributed by atoms with E-state index in [0.717, 1.165) is 30.6 Å². The molecule has 4 rings (SSSR count). The Labute approximate surface area is 293 Å². The number of piperidine rings is 1. The van der Waals surface area contributed by atoms with Crippen molar-refractivity contribution in [1.82, 2.24) is 4.90 Å². The molecule has 15 heteroatoms. The number of aliphatic carboxylic acids is 1. The molecule has 50 heavy (non-hydrogen) atoms. The number of halogens is 4. The van der Waals surface area contributed by atoms with Gasteiger partial charge in [0.05, 0.1) is 31.6 Å². The van der Waals surface area contributed by atoms with Crippen molar-refractivity contribution in [1.29, 1.82) is 0 Å². The minimum absolute atomic E-state index is 0.120. The molecule has 0 aromatic heterocycles. The zero-order chi connectivity index (χ0) is 37.2. The van der Waals surface area contributed by atoms with Crippen molar-refractivity contribution in [2.24, 2.45) is 11.7 Å². The maximum absolute atomic E-state index is 13.9. The van der Waals surface area contributed by atoms with Crippen molar-refractivity contribution in [3.63, 3.8) is 0 Å². The maximum atomic E-state index is 13.9. The molecule has 1 saturated heterocycles. The van der Waals surface area contributed by atoms with Crippen LogP contribution in [0.5, 0.6) is 11.5 Å². The molecule has 1 aliphatic heterocycles. The second kappa shape index (κ2) is 17.3. The molecule has 0 radical (unpaired) electrons. The summed E-state index contributed by atoms with van der Waals surface area (Å²) < 4.78 is 37.5. The third kappa shape index (κ3) is 12.0. The second-order valence-corrected chi connectivity index (χ2v) is 13.0. The summed E-state index contributed by atoms with van der Waals surface area (Å²) in [5.74, 6) is -3.62. The van der Waals surface area contributed by atoms with Crippen LogP contribution in [0.15, 0.2) is 72.8 Å². The number of anilines is 1. The fourth-order valence-corrected chi connectivity index (χ4v) is 5.53. The van der Waals surface area contributed by atoms with E-state index in [1.807, 2.05) is 24.3 Å².